The van der Waals surface area contributed by atoms with Crippen LogP contribution in [0.3, 0.4) is 0 Å². The SMILES string of the molecule is NC(=O)C1CCN(C(=O)C2C3CCC(C3)C2N)CC1. The Morgan fingerprint density at radius 3 is 2.16 bits per heavy atom. The van der Waals surface area contributed by atoms with E-state index in [9.17, 15) is 9.59 Å². The number of carbonyl (C=O) groups is 2. The number of likely N-dealkylation sites (tertiary alicyclic amines) is 1. The summed E-state index contributed by atoms with van der Waals surface area (Å²) in [5.41, 5.74) is 11.5. The standard InChI is InChI=1S/C14H23N3O2/c15-12-10-2-1-9(7-10)11(12)14(19)17-5-3-8(4-6-17)13(16)18/h8-12H,1-7,15H2,(H2,16,18). The van der Waals surface area contributed by atoms with E-state index in [1.54, 1.807) is 0 Å². The van der Waals surface area contributed by atoms with E-state index in [0.717, 1.165) is 12.8 Å². The molecule has 0 aromatic carbocycles. The third kappa shape index (κ3) is 2.14. The third-order valence-electron chi connectivity index (χ3n) is 5.47. The maximum atomic E-state index is 12.6. The van der Waals surface area contributed by atoms with Gasteiger partial charge in [0.25, 0.3) is 0 Å². The molecule has 0 aromatic rings. The molecule has 4 atom stereocenters. The van der Waals surface area contributed by atoms with Crippen molar-refractivity contribution in [2.45, 2.75) is 38.1 Å². The van der Waals surface area contributed by atoms with E-state index in [-0.39, 0.29) is 29.7 Å². The van der Waals surface area contributed by atoms with Crippen molar-refractivity contribution in [3.63, 3.8) is 0 Å². The van der Waals surface area contributed by atoms with Gasteiger partial charge < -0.3 is 16.4 Å². The van der Waals surface area contributed by atoms with Gasteiger partial charge in [-0.15, -0.1) is 0 Å². The molecule has 106 valence electrons. The summed E-state index contributed by atoms with van der Waals surface area (Å²) in [6, 6.07) is 0.0557. The molecule has 2 amide bonds. The highest BCUT2D eigenvalue weighted by molar-refractivity contribution is 5.81. The molecular formula is C14H23N3O2. The van der Waals surface area contributed by atoms with Gasteiger partial charge in [0.2, 0.25) is 11.8 Å². The summed E-state index contributed by atoms with van der Waals surface area (Å²) in [4.78, 5) is 25.7. The largest absolute Gasteiger partial charge is 0.369 e. The lowest BCUT2D eigenvalue weighted by Gasteiger charge is -2.36. The van der Waals surface area contributed by atoms with E-state index in [0.29, 0.717) is 37.8 Å². The number of piperidine rings is 1. The Balaban J connectivity index is 1.61. The second kappa shape index (κ2) is 4.78. The fourth-order valence-corrected chi connectivity index (χ4v) is 4.30. The lowest BCUT2D eigenvalue weighted by Crippen LogP contribution is -2.50. The third-order valence-corrected chi connectivity index (χ3v) is 5.47. The van der Waals surface area contributed by atoms with Crippen LogP contribution < -0.4 is 11.5 Å². The second-order valence-corrected chi connectivity index (χ2v) is 6.44. The highest BCUT2D eigenvalue weighted by Crippen LogP contribution is 2.48. The van der Waals surface area contributed by atoms with Crippen molar-refractivity contribution < 1.29 is 9.59 Å². The molecule has 5 nitrogen and oxygen atoms in total. The number of carbonyl (C=O) groups excluding carboxylic acids is 2. The molecule has 19 heavy (non-hydrogen) atoms. The van der Waals surface area contributed by atoms with Crippen molar-refractivity contribution in [3.8, 4) is 0 Å². The monoisotopic (exact) mass is 265 g/mol. The molecule has 0 spiro atoms. The summed E-state index contributed by atoms with van der Waals surface area (Å²) in [5.74, 6) is 1.02. The van der Waals surface area contributed by atoms with Crippen molar-refractivity contribution in [1.29, 1.82) is 0 Å². The summed E-state index contributed by atoms with van der Waals surface area (Å²) in [6.07, 6.45) is 4.90. The molecule has 2 aliphatic carbocycles. The van der Waals surface area contributed by atoms with E-state index in [4.69, 9.17) is 11.5 Å². The molecule has 5 heteroatoms. The normalized spacial score (nSPS) is 38.7. The Bertz CT molecular complexity index is 388. The van der Waals surface area contributed by atoms with Gasteiger partial charge in [0, 0.05) is 25.0 Å². The second-order valence-electron chi connectivity index (χ2n) is 6.44. The minimum absolute atomic E-state index is 0.0314. The summed E-state index contributed by atoms with van der Waals surface area (Å²) < 4.78 is 0. The Morgan fingerprint density at radius 1 is 1.00 bits per heavy atom. The topological polar surface area (TPSA) is 89.4 Å². The average Bonchev–Trinajstić information content (AvgIpc) is 2.99. The maximum Gasteiger partial charge on any atom is 0.227 e. The molecule has 0 aromatic heterocycles. The number of hydrogen-bond donors (Lipinski definition) is 2. The van der Waals surface area contributed by atoms with Crippen LogP contribution in [0, 0.1) is 23.7 Å². The molecule has 1 aliphatic heterocycles. The molecule has 1 saturated heterocycles. The van der Waals surface area contributed by atoms with Gasteiger partial charge in [-0.1, -0.05) is 0 Å². The summed E-state index contributed by atoms with van der Waals surface area (Å²) >= 11 is 0. The summed E-state index contributed by atoms with van der Waals surface area (Å²) in [5, 5.41) is 0. The first kappa shape index (κ1) is 12.9. The van der Waals surface area contributed by atoms with Gasteiger partial charge in [-0.2, -0.15) is 0 Å². The fourth-order valence-electron chi connectivity index (χ4n) is 4.30. The van der Waals surface area contributed by atoms with Crippen molar-refractivity contribution in [3.05, 3.63) is 0 Å². The van der Waals surface area contributed by atoms with E-state index in [1.165, 1.54) is 6.42 Å². The van der Waals surface area contributed by atoms with Crippen LogP contribution in [0.5, 0.6) is 0 Å². The van der Waals surface area contributed by atoms with Crippen molar-refractivity contribution >= 4 is 11.8 Å². The predicted molar refractivity (Wildman–Crippen MR) is 70.8 cm³/mol. The van der Waals surface area contributed by atoms with Gasteiger partial charge in [0.15, 0.2) is 0 Å². The van der Waals surface area contributed by atoms with Gasteiger partial charge in [0.1, 0.15) is 0 Å². The number of nitrogens with zero attached hydrogens (tertiary/aromatic N) is 1. The maximum absolute atomic E-state index is 12.6. The van der Waals surface area contributed by atoms with Crippen LogP contribution in [0.25, 0.3) is 0 Å². The van der Waals surface area contributed by atoms with Crippen LogP contribution >= 0.6 is 0 Å². The molecule has 2 saturated carbocycles. The van der Waals surface area contributed by atoms with Crippen LogP contribution in [0.15, 0.2) is 0 Å². The molecule has 0 radical (unpaired) electrons. The zero-order valence-corrected chi connectivity index (χ0v) is 11.3. The summed E-state index contributed by atoms with van der Waals surface area (Å²) in [7, 11) is 0. The first-order chi connectivity index (χ1) is 9.08. The number of amides is 2. The first-order valence-corrected chi connectivity index (χ1v) is 7.41. The molecule has 4 N–H and O–H groups in total. The van der Waals surface area contributed by atoms with Crippen molar-refractivity contribution in [2.75, 3.05) is 13.1 Å². The molecule has 1 heterocycles. The quantitative estimate of drug-likeness (QED) is 0.741. The minimum Gasteiger partial charge on any atom is -0.369 e. The predicted octanol–water partition coefficient (Wildman–Crippen LogP) is 0.0837. The molecule has 3 aliphatic rings. The Hall–Kier alpha value is -1.10. The van der Waals surface area contributed by atoms with Crippen LogP contribution in [-0.4, -0.2) is 35.8 Å². The molecule has 4 unspecified atom stereocenters. The zero-order chi connectivity index (χ0) is 13.6. The lowest BCUT2D eigenvalue weighted by atomic mass is 9.83. The van der Waals surface area contributed by atoms with E-state index >= 15 is 0 Å². The smallest absolute Gasteiger partial charge is 0.227 e. The molecular weight excluding hydrogens is 242 g/mol. The van der Waals surface area contributed by atoms with Gasteiger partial charge >= 0.3 is 0 Å². The van der Waals surface area contributed by atoms with Crippen LogP contribution in [0.4, 0.5) is 0 Å². The number of primary amides is 1. The number of fused-ring (bicyclic) bond motifs is 2. The number of nitrogens with two attached hydrogens (primary N) is 2. The molecule has 3 fully saturated rings. The van der Waals surface area contributed by atoms with Gasteiger partial charge in [-0.3, -0.25) is 9.59 Å². The molecule has 2 bridgehead atoms. The average molecular weight is 265 g/mol. The van der Waals surface area contributed by atoms with E-state index in [1.807, 2.05) is 4.90 Å². The van der Waals surface area contributed by atoms with Crippen molar-refractivity contribution in [1.82, 2.24) is 4.90 Å². The van der Waals surface area contributed by atoms with Gasteiger partial charge in [-0.25, -0.2) is 0 Å². The van der Waals surface area contributed by atoms with Crippen LogP contribution in [-0.2, 0) is 9.59 Å². The minimum atomic E-state index is -0.233. The number of rotatable bonds is 2. The highest BCUT2D eigenvalue weighted by Gasteiger charge is 2.50. The zero-order valence-electron chi connectivity index (χ0n) is 11.3. The Morgan fingerprint density at radius 2 is 1.63 bits per heavy atom. The van der Waals surface area contributed by atoms with Crippen LogP contribution in [0.2, 0.25) is 0 Å². The Labute approximate surface area is 113 Å². The Kier molecular flexibility index (Phi) is 3.25. The fraction of sp³-hybridized carbons (Fsp3) is 0.857. The summed E-state index contributed by atoms with van der Waals surface area (Å²) in [6.45, 7) is 1.32. The lowest BCUT2D eigenvalue weighted by molar-refractivity contribution is -0.140. The van der Waals surface area contributed by atoms with Gasteiger partial charge in [-0.05, 0) is 43.9 Å². The first-order valence-electron chi connectivity index (χ1n) is 7.41. The van der Waals surface area contributed by atoms with E-state index in [2.05, 4.69) is 0 Å². The highest BCUT2D eigenvalue weighted by atomic mass is 16.2. The van der Waals surface area contributed by atoms with Gasteiger partial charge in [0.05, 0.1) is 5.92 Å². The number of hydrogen-bond acceptors (Lipinski definition) is 3. The van der Waals surface area contributed by atoms with Crippen molar-refractivity contribution in [2.24, 2.45) is 35.1 Å². The van der Waals surface area contributed by atoms with Crippen LogP contribution in [0.1, 0.15) is 32.1 Å². The van der Waals surface area contributed by atoms with E-state index < -0.39 is 0 Å². The molecule has 3 rings (SSSR count).